The third kappa shape index (κ3) is 1.18. The maximum atomic E-state index is 11.1. The minimum absolute atomic E-state index is 0.0749. The average Bonchev–Trinajstić information content (AvgIpc) is 2.87. The summed E-state index contributed by atoms with van der Waals surface area (Å²) in [6.45, 7) is 0. The molecule has 3 aliphatic rings. The summed E-state index contributed by atoms with van der Waals surface area (Å²) < 4.78 is 0. The van der Waals surface area contributed by atoms with E-state index in [1.807, 2.05) is 0 Å². The molecule has 2 aliphatic heterocycles. The van der Waals surface area contributed by atoms with Crippen molar-refractivity contribution in [3.8, 4) is 0 Å². The van der Waals surface area contributed by atoms with E-state index in [-0.39, 0.29) is 18.2 Å². The molecule has 0 bridgehead atoms. The maximum Gasteiger partial charge on any atom is 0.255 e. The van der Waals surface area contributed by atoms with Crippen LogP contribution in [0.3, 0.4) is 0 Å². The zero-order chi connectivity index (χ0) is 9.71. The third-order valence-corrected chi connectivity index (χ3v) is 3.37. The molecule has 0 unspecified atom stereocenters. The molecule has 0 radical (unpaired) electrons. The predicted octanol–water partition coefficient (Wildman–Crippen LogP) is 1.02. The SMILES string of the molecule is N=C1CC(=O)N=C2SC(C3CC3)=NN12. The summed E-state index contributed by atoms with van der Waals surface area (Å²) in [5.74, 6) is 0.556. The van der Waals surface area contributed by atoms with Gasteiger partial charge in [-0.25, -0.2) is 0 Å². The lowest BCUT2D eigenvalue weighted by atomic mass is 10.3. The molecule has 0 aromatic heterocycles. The van der Waals surface area contributed by atoms with Crippen LogP contribution < -0.4 is 0 Å². The number of carbonyl (C=O) groups excluding carboxylic acids is 1. The second-order valence-electron chi connectivity index (χ2n) is 3.54. The van der Waals surface area contributed by atoms with Crippen molar-refractivity contribution in [2.75, 3.05) is 0 Å². The number of nitrogens with zero attached hydrogens (tertiary/aromatic N) is 3. The Balaban J connectivity index is 1.94. The van der Waals surface area contributed by atoms with E-state index >= 15 is 0 Å². The first-order valence-corrected chi connectivity index (χ1v) is 5.31. The highest BCUT2D eigenvalue weighted by atomic mass is 32.2. The van der Waals surface area contributed by atoms with E-state index in [2.05, 4.69) is 10.1 Å². The van der Waals surface area contributed by atoms with Gasteiger partial charge in [0.1, 0.15) is 10.9 Å². The van der Waals surface area contributed by atoms with E-state index < -0.39 is 0 Å². The summed E-state index contributed by atoms with van der Waals surface area (Å²) in [6, 6.07) is 0. The van der Waals surface area contributed by atoms with E-state index in [1.165, 1.54) is 29.6 Å². The highest BCUT2D eigenvalue weighted by Crippen LogP contribution is 2.39. The number of aliphatic imine (C=N–C) groups is 1. The van der Waals surface area contributed by atoms with Crippen LogP contribution in [0.1, 0.15) is 19.3 Å². The van der Waals surface area contributed by atoms with Crippen molar-refractivity contribution in [1.29, 1.82) is 5.41 Å². The van der Waals surface area contributed by atoms with E-state index in [0.717, 1.165) is 5.04 Å². The van der Waals surface area contributed by atoms with Gasteiger partial charge < -0.3 is 0 Å². The van der Waals surface area contributed by atoms with Crippen LogP contribution in [0.15, 0.2) is 10.1 Å². The molecule has 0 aromatic rings. The Kier molecular flexibility index (Phi) is 1.55. The number of thioether (sulfide) groups is 1. The van der Waals surface area contributed by atoms with E-state index in [1.54, 1.807) is 0 Å². The van der Waals surface area contributed by atoms with Crippen LogP contribution >= 0.6 is 11.8 Å². The van der Waals surface area contributed by atoms with Gasteiger partial charge in [-0.2, -0.15) is 15.1 Å². The first-order chi connectivity index (χ1) is 6.74. The molecule has 0 atom stereocenters. The summed E-state index contributed by atoms with van der Waals surface area (Å²) in [4.78, 5) is 15.0. The quantitative estimate of drug-likeness (QED) is 0.699. The molecule has 0 spiro atoms. The zero-order valence-electron chi connectivity index (χ0n) is 7.36. The minimum Gasteiger partial charge on any atom is -0.286 e. The highest BCUT2D eigenvalue weighted by Gasteiger charge is 2.38. The summed E-state index contributed by atoms with van der Waals surface area (Å²) in [5, 5.41) is 15.0. The van der Waals surface area contributed by atoms with Crippen molar-refractivity contribution < 1.29 is 4.79 Å². The highest BCUT2D eigenvalue weighted by molar-refractivity contribution is 8.27. The molecule has 5 nitrogen and oxygen atoms in total. The van der Waals surface area contributed by atoms with Gasteiger partial charge in [0.05, 0.1) is 6.42 Å². The van der Waals surface area contributed by atoms with Gasteiger partial charge in [-0.3, -0.25) is 10.2 Å². The van der Waals surface area contributed by atoms with Gasteiger partial charge >= 0.3 is 0 Å². The van der Waals surface area contributed by atoms with Crippen LogP contribution in [0, 0.1) is 11.3 Å². The van der Waals surface area contributed by atoms with Crippen LogP contribution in [0.4, 0.5) is 0 Å². The van der Waals surface area contributed by atoms with Gasteiger partial charge in [-0.1, -0.05) is 0 Å². The molecule has 2 heterocycles. The topological polar surface area (TPSA) is 68.9 Å². The van der Waals surface area contributed by atoms with Gasteiger partial charge in [0.2, 0.25) is 0 Å². The molecule has 1 aliphatic carbocycles. The average molecular weight is 208 g/mol. The molecule has 0 aromatic carbocycles. The predicted molar refractivity (Wildman–Crippen MR) is 54.4 cm³/mol. The molecule has 1 saturated carbocycles. The number of hydrazone groups is 1. The Morgan fingerprint density at radius 3 is 3.00 bits per heavy atom. The first kappa shape index (κ1) is 8.16. The molecular weight excluding hydrogens is 200 g/mol. The molecular formula is C8H8N4OS. The van der Waals surface area contributed by atoms with Crippen LogP contribution in [-0.2, 0) is 4.79 Å². The second-order valence-corrected chi connectivity index (χ2v) is 4.53. The smallest absolute Gasteiger partial charge is 0.255 e. The Morgan fingerprint density at radius 2 is 2.29 bits per heavy atom. The molecule has 1 fully saturated rings. The van der Waals surface area contributed by atoms with Crippen LogP contribution in [0.2, 0.25) is 0 Å². The van der Waals surface area contributed by atoms with Crippen molar-refractivity contribution in [3.05, 3.63) is 0 Å². The molecule has 14 heavy (non-hydrogen) atoms. The van der Waals surface area contributed by atoms with E-state index in [9.17, 15) is 4.79 Å². The molecule has 6 heteroatoms. The van der Waals surface area contributed by atoms with Gasteiger partial charge in [0.15, 0.2) is 5.17 Å². The van der Waals surface area contributed by atoms with Gasteiger partial charge in [0.25, 0.3) is 5.91 Å². The van der Waals surface area contributed by atoms with Gasteiger partial charge in [-0.15, -0.1) is 0 Å². The number of nitrogens with one attached hydrogen (secondary N) is 1. The number of rotatable bonds is 1. The summed E-state index contributed by atoms with van der Waals surface area (Å²) in [6.07, 6.45) is 2.42. The fourth-order valence-electron chi connectivity index (χ4n) is 1.40. The summed E-state index contributed by atoms with van der Waals surface area (Å²) >= 11 is 1.44. The normalized spacial score (nSPS) is 26.1. The molecule has 0 saturated heterocycles. The zero-order valence-corrected chi connectivity index (χ0v) is 8.17. The lowest BCUT2D eigenvalue weighted by Gasteiger charge is -2.17. The summed E-state index contributed by atoms with van der Waals surface area (Å²) in [7, 11) is 0. The molecule has 3 rings (SSSR count). The molecule has 1 amide bonds. The lowest BCUT2D eigenvalue weighted by molar-refractivity contribution is -0.117. The van der Waals surface area contributed by atoms with Crippen molar-refractivity contribution >= 4 is 33.7 Å². The Hall–Kier alpha value is -1.17. The van der Waals surface area contributed by atoms with Crippen LogP contribution in [0.5, 0.6) is 0 Å². The lowest BCUT2D eigenvalue weighted by Crippen LogP contribution is -2.33. The van der Waals surface area contributed by atoms with Crippen molar-refractivity contribution in [2.24, 2.45) is 16.0 Å². The Labute approximate surface area is 84.8 Å². The number of hydrogen-bond acceptors (Lipinski definition) is 4. The minimum atomic E-state index is -0.235. The van der Waals surface area contributed by atoms with Crippen LogP contribution in [0.25, 0.3) is 0 Å². The molecule has 72 valence electrons. The Bertz CT molecular complexity index is 396. The van der Waals surface area contributed by atoms with E-state index in [0.29, 0.717) is 11.1 Å². The number of amides is 1. The van der Waals surface area contributed by atoms with Crippen LogP contribution in [-0.4, -0.2) is 27.0 Å². The maximum absolute atomic E-state index is 11.1. The fourth-order valence-corrected chi connectivity index (χ4v) is 2.50. The van der Waals surface area contributed by atoms with E-state index in [4.69, 9.17) is 5.41 Å². The summed E-state index contributed by atoms with van der Waals surface area (Å²) in [5.41, 5.74) is 0. The number of fused-ring (bicyclic) bond motifs is 1. The largest absolute Gasteiger partial charge is 0.286 e. The Morgan fingerprint density at radius 1 is 1.50 bits per heavy atom. The monoisotopic (exact) mass is 208 g/mol. The first-order valence-electron chi connectivity index (χ1n) is 4.49. The van der Waals surface area contributed by atoms with Gasteiger partial charge in [0, 0.05) is 5.92 Å². The standard InChI is InChI=1S/C8H8N4OS/c9-5-3-6(13)10-8-12(5)11-7(14-8)4-1-2-4/h4,9H,1-3H2. The number of carbonyl (C=O) groups is 1. The van der Waals surface area contributed by atoms with Gasteiger partial charge in [-0.05, 0) is 24.6 Å². The third-order valence-electron chi connectivity index (χ3n) is 2.30. The fraction of sp³-hybridized carbons (Fsp3) is 0.500. The number of amidine groups is 2. The second kappa shape index (κ2) is 2.66. The van der Waals surface area contributed by atoms with Crippen molar-refractivity contribution in [1.82, 2.24) is 5.01 Å². The molecule has 1 N–H and O–H groups in total. The number of hydrogen-bond donors (Lipinski definition) is 1. The van der Waals surface area contributed by atoms with Crippen molar-refractivity contribution in [2.45, 2.75) is 19.3 Å². The van der Waals surface area contributed by atoms with Crippen molar-refractivity contribution in [3.63, 3.8) is 0 Å².